The highest BCUT2D eigenvalue weighted by Gasteiger charge is 2.35. The molecule has 0 radical (unpaired) electrons. The molecule has 6 rings (SSSR count). The summed E-state index contributed by atoms with van der Waals surface area (Å²) in [5.74, 6) is 2.31. The van der Waals surface area contributed by atoms with Gasteiger partial charge in [-0.25, -0.2) is 0 Å². The Morgan fingerprint density at radius 2 is 2.00 bits per heavy atom. The first-order chi connectivity index (χ1) is 16.6. The molecule has 1 N–H and O–H groups in total. The second-order valence-electron chi connectivity index (χ2n) is 8.95. The van der Waals surface area contributed by atoms with Crippen molar-refractivity contribution in [3.63, 3.8) is 0 Å². The summed E-state index contributed by atoms with van der Waals surface area (Å²) in [5.41, 5.74) is 2.42. The SMILES string of the molecule is O=C(NCc1ccc2c(c1)OCO2)[C@@H]1CC(=O)N(c2cccc(-c3noc(C4CCC4)n3)c2)C1. The van der Waals surface area contributed by atoms with Crippen molar-refractivity contribution in [1.29, 1.82) is 0 Å². The Hall–Kier alpha value is -3.88. The van der Waals surface area contributed by atoms with Crippen LogP contribution in [-0.4, -0.2) is 35.3 Å². The van der Waals surface area contributed by atoms with Gasteiger partial charge in [-0.15, -0.1) is 0 Å². The third-order valence-corrected chi connectivity index (χ3v) is 6.71. The summed E-state index contributed by atoms with van der Waals surface area (Å²) in [4.78, 5) is 31.7. The number of nitrogens with one attached hydrogen (secondary N) is 1. The second kappa shape index (κ2) is 8.48. The van der Waals surface area contributed by atoms with Crippen LogP contribution >= 0.6 is 0 Å². The standard InChI is InChI=1S/C25H24N4O5/c30-22-11-18(24(31)26-12-15-7-8-20-21(9-15)33-14-32-20)13-29(22)19-6-2-5-17(10-19)23-27-25(34-28-23)16-3-1-4-16/h2,5-10,16,18H,1,3-4,11-14H2,(H,26,31)/t18-/m1/s1. The molecule has 1 saturated heterocycles. The highest BCUT2D eigenvalue weighted by atomic mass is 16.7. The third-order valence-electron chi connectivity index (χ3n) is 6.71. The van der Waals surface area contributed by atoms with E-state index in [1.807, 2.05) is 42.5 Å². The summed E-state index contributed by atoms with van der Waals surface area (Å²) in [5, 5.41) is 7.06. The first-order valence-electron chi connectivity index (χ1n) is 11.5. The Kier molecular flexibility index (Phi) is 5.16. The number of hydrogen-bond acceptors (Lipinski definition) is 7. The number of ether oxygens (including phenoxy) is 2. The van der Waals surface area contributed by atoms with Crippen molar-refractivity contribution < 1.29 is 23.6 Å². The Morgan fingerprint density at radius 1 is 1.12 bits per heavy atom. The molecular weight excluding hydrogens is 436 g/mol. The number of benzene rings is 2. The van der Waals surface area contributed by atoms with E-state index in [4.69, 9.17) is 14.0 Å². The maximum absolute atomic E-state index is 12.8. The number of anilines is 1. The van der Waals surface area contributed by atoms with Gasteiger partial charge in [0.15, 0.2) is 11.5 Å². The molecule has 1 atom stereocenters. The third kappa shape index (κ3) is 3.87. The molecule has 3 aromatic rings. The number of carbonyl (C=O) groups is 2. The molecule has 1 aromatic heterocycles. The molecular formula is C25H24N4O5. The molecule has 2 fully saturated rings. The molecule has 1 aliphatic carbocycles. The molecule has 2 amide bonds. The van der Waals surface area contributed by atoms with Gasteiger partial charge in [0, 0.05) is 36.7 Å². The number of aromatic nitrogens is 2. The Labute approximate surface area is 196 Å². The summed E-state index contributed by atoms with van der Waals surface area (Å²) < 4.78 is 16.1. The molecule has 3 aliphatic rings. The number of rotatable bonds is 6. The minimum absolute atomic E-state index is 0.0800. The van der Waals surface area contributed by atoms with Crippen LogP contribution in [0.1, 0.15) is 43.1 Å². The monoisotopic (exact) mass is 460 g/mol. The summed E-state index contributed by atoms with van der Waals surface area (Å²) in [6.07, 6.45) is 3.54. The van der Waals surface area contributed by atoms with Gasteiger partial charge >= 0.3 is 0 Å². The fourth-order valence-electron chi connectivity index (χ4n) is 4.50. The summed E-state index contributed by atoms with van der Waals surface area (Å²) in [6.45, 7) is 0.895. The lowest BCUT2D eigenvalue weighted by Crippen LogP contribution is -2.32. The summed E-state index contributed by atoms with van der Waals surface area (Å²) in [7, 11) is 0. The lowest BCUT2D eigenvalue weighted by atomic mass is 9.85. The van der Waals surface area contributed by atoms with E-state index in [-0.39, 0.29) is 25.0 Å². The van der Waals surface area contributed by atoms with E-state index in [0.717, 1.165) is 29.7 Å². The number of amides is 2. The molecule has 3 heterocycles. The summed E-state index contributed by atoms with van der Waals surface area (Å²) in [6, 6.07) is 13.1. The van der Waals surface area contributed by atoms with Crippen molar-refractivity contribution >= 4 is 17.5 Å². The van der Waals surface area contributed by atoms with Crippen LogP contribution in [0.15, 0.2) is 47.0 Å². The van der Waals surface area contributed by atoms with Crippen molar-refractivity contribution in [3.8, 4) is 22.9 Å². The van der Waals surface area contributed by atoms with Gasteiger partial charge < -0.3 is 24.2 Å². The van der Waals surface area contributed by atoms with Gasteiger partial charge in [-0.2, -0.15) is 4.98 Å². The lowest BCUT2D eigenvalue weighted by molar-refractivity contribution is -0.126. The first kappa shape index (κ1) is 20.7. The van der Waals surface area contributed by atoms with Gasteiger partial charge in [-0.3, -0.25) is 9.59 Å². The van der Waals surface area contributed by atoms with Crippen molar-refractivity contribution in [2.75, 3.05) is 18.2 Å². The van der Waals surface area contributed by atoms with Crippen molar-refractivity contribution in [2.24, 2.45) is 5.92 Å². The fraction of sp³-hybridized carbons (Fsp3) is 0.360. The Morgan fingerprint density at radius 3 is 2.85 bits per heavy atom. The molecule has 2 aliphatic heterocycles. The van der Waals surface area contributed by atoms with Crippen LogP contribution in [0.2, 0.25) is 0 Å². The largest absolute Gasteiger partial charge is 0.454 e. The zero-order chi connectivity index (χ0) is 23.1. The Balaban J connectivity index is 1.11. The zero-order valence-corrected chi connectivity index (χ0v) is 18.5. The highest BCUT2D eigenvalue weighted by Crippen LogP contribution is 2.36. The van der Waals surface area contributed by atoms with Crippen LogP contribution in [0.25, 0.3) is 11.4 Å². The van der Waals surface area contributed by atoms with Crippen LogP contribution in [0, 0.1) is 5.92 Å². The van der Waals surface area contributed by atoms with E-state index < -0.39 is 5.92 Å². The van der Waals surface area contributed by atoms with Crippen molar-refractivity contribution in [1.82, 2.24) is 15.5 Å². The van der Waals surface area contributed by atoms with Gasteiger partial charge in [0.1, 0.15) is 0 Å². The van der Waals surface area contributed by atoms with Crippen LogP contribution in [0.5, 0.6) is 11.5 Å². The maximum atomic E-state index is 12.8. The van der Waals surface area contributed by atoms with E-state index in [2.05, 4.69) is 15.5 Å². The van der Waals surface area contributed by atoms with Crippen molar-refractivity contribution in [3.05, 3.63) is 53.9 Å². The molecule has 174 valence electrons. The van der Waals surface area contributed by atoms with Crippen LogP contribution < -0.4 is 19.7 Å². The minimum atomic E-state index is -0.416. The van der Waals surface area contributed by atoms with Crippen LogP contribution in [0.4, 0.5) is 5.69 Å². The fourth-order valence-corrected chi connectivity index (χ4v) is 4.50. The normalized spacial score (nSPS) is 19.4. The Bertz CT molecular complexity index is 1250. The molecule has 9 heteroatoms. The average Bonchev–Trinajstić information content (AvgIpc) is 3.56. The molecule has 9 nitrogen and oxygen atoms in total. The topological polar surface area (TPSA) is 107 Å². The van der Waals surface area contributed by atoms with E-state index in [1.165, 1.54) is 6.42 Å². The van der Waals surface area contributed by atoms with Crippen molar-refractivity contribution in [2.45, 2.75) is 38.1 Å². The number of hydrogen-bond donors (Lipinski definition) is 1. The van der Waals surface area contributed by atoms with Crippen LogP contribution in [-0.2, 0) is 16.1 Å². The van der Waals surface area contributed by atoms with Gasteiger partial charge in [0.2, 0.25) is 30.3 Å². The number of nitrogens with zero attached hydrogens (tertiary/aromatic N) is 3. The minimum Gasteiger partial charge on any atom is -0.454 e. The first-order valence-corrected chi connectivity index (χ1v) is 11.5. The quantitative estimate of drug-likeness (QED) is 0.601. The molecule has 0 spiro atoms. The highest BCUT2D eigenvalue weighted by molar-refractivity contribution is 6.00. The molecule has 1 saturated carbocycles. The molecule has 0 unspecified atom stereocenters. The molecule has 34 heavy (non-hydrogen) atoms. The average molecular weight is 460 g/mol. The van der Waals surface area contributed by atoms with Gasteiger partial charge in [0.05, 0.1) is 5.92 Å². The van der Waals surface area contributed by atoms with E-state index in [1.54, 1.807) is 4.90 Å². The lowest BCUT2D eigenvalue weighted by Gasteiger charge is -2.20. The van der Waals surface area contributed by atoms with Gasteiger partial charge in [-0.1, -0.05) is 29.8 Å². The number of carbonyl (C=O) groups excluding carboxylic acids is 2. The molecule has 2 aromatic carbocycles. The summed E-state index contributed by atoms with van der Waals surface area (Å²) >= 11 is 0. The van der Waals surface area contributed by atoms with E-state index >= 15 is 0 Å². The zero-order valence-electron chi connectivity index (χ0n) is 18.5. The number of fused-ring (bicyclic) bond motifs is 1. The van der Waals surface area contributed by atoms with Crippen LogP contribution in [0.3, 0.4) is 0 Å². The van der Waals surface area contributed by atoms with Gasteiger partial charge in [-0.05, 0) is 42.7 Å². The second-order valence-corrected chi connectivity index (χ2v) is 8.95. The van der Waals surface area contributed by atoms with E-state index in [9.17, 15) is 9.59 Å². The van der Waals surface area contributed by atoms with E-state index in [0.29, 0.717) is 42.2 Å². The van der Waals surface area contributed by atoms with Gasteiger partial charge in [0.25, 0.3) is 0 Å². The maximum Gasteiger partial charge on any atom is 0.231 e. The smallest absolute Gasteiger partial charge is 0.231 e. The predicted octanol–water partition coefficient (Wildman–Crippen LogP) is 3.40. The molecule has 0 bridgehead atoms. The predicted molar refractivity (Wildman–Crippen MR) is 121 cm³/mol.